The van der Waals surface area contributed by atoms with Gasteiger partial charge in [0.15, 0.2) is 16.1 Å². The summed E-state index contributed by atoms with van der Waals surface area (Å²) in [6.45, 7) is 1.93. The third kappa shape index (κ3) is 2.66. The Morgan fingerprint density at radius 3 is 2.52 bits per heavy atom. The zero-order chi connectivity index (χ0) is 16.8. The lowest BCUT2D eigenvalue weighted by Gasteiger charge is -2.08. The molecule has 0 N–H and O–H groups in total. The smallest absolute Gasteiger partial charge is 0.176 e. The van der Waals surface area contributed by atoms with Crippen LogP contribution in [0, 0.1) is 6.92 Å². The zero-order valence-corrected chi connectivity index (χ0v) is 14.1. The van der Waals surface area contributed by atoms with Crippen LogP contribution in [-0.2, 0) is 9.84 Å². The lowest BCUT2D eigenvalue weighted by atomic mass is 10.1. The van der Waals surface area contributed by atoms with Gasteiger partial charge in [0.25, 0.3) is 0 Å². The molecule has 0 radical (unpaired) electrons. The summed E-state index contributed by atoms with van der Waals surface area (Å²) in [5.41, 5.74) is 3.23. The van der Waals surface area contributed by atoms with Crippen molar-refractivity contribution in [3.05, 3.63) is 58.9 Å². The fourth-order valence-corrected chi connectivity index (χ4v) is 3.79. The van der Waals surface area contributed by atoms with Crippen LogP contribution in [0.25, 0.3) is 16.6 Å². The zero-order valence-electron chi connectivity index (χ0n) is 12.6. The molecule has 0 saturated heterocycles. The largest absolute Gasteiger partial charge is 0.313 e. The van der Waals surface area contributed by atoms with Crippen molar-refractivity contribution >= 4 is 33.2 Å². The van der Waals surface area contributed by atoms with Gasteiger partial charge in [-0.25, -0.2) is 8.42 Å². The molecule has 6 heteroatoms. The van der Waals surface area contributed by atoms with Gasteiger partial charge in [-0.2, -0.15) is 0 Å². The number of rotatable bonds is 3. The van der Waals surface area contributed by atoms with Gasteiger partial charge in [-0.3, -0.25) is 4.79 Å². The summed E-state index contributed by atoms with van der Waals surface area (Å²) in [6, 6.07) is 10.2. The molecular weight excluding hydrogens is 334 g/mol. The highest BCUT2D eigenvalue weighted by molar-refractivity contribution is 7.90. The molecule has 118 valence electrons. The lowest BCUT2D eigenvalue weighted by Crippen LogP contribution is -2.01. The summed E-state index contributed by atoms with van der Waals surface area (Å²) in [5, 5.41) is 0.413. The summed E-state index contributed by atoms with van der Waals surface area (Å²) in [4.78, 5) is 11.8. The van der Waals surface area contributed by atoms with E-state index in [4.69, 9.17) is 11.6 Å². The maximum absolute atomic E-state index is 12.1. The molecule has 3 rings (SSSR count). The molecule has 0 saturated carbocycles. The Balaban J connectivity index is 2.45. The molecular formula is C17H14ClNO3S. The van der Waals surface area contributed by atoms with Crippen molar-refractivity contribution in [2.45, 2.75) is 11.8 Å². The van der Waals surface area contributed by atoms with Crippen molar-refractivity contribution in [1.82, 2.24) is 4.40 Å². The van der Waals surface area contributed by atoms with E-state index in [9.17, 15) is 13.2 Å². The van der Waals surface area contributed by atoms with Crippen molar-refractivity contribution in [2.75, 3.05) is 6.26 Å². The number of nitrogens with zero attached hydrogens (tertiary/aromatic N) is 1. The fourth-order valence-electron chi connectivity index (χ4n) is 2.73. The third-order valence-corrected chi connectivity index (χ3v) is 5.19. The van der Waals surface area contributed by atoms with Crippen LogP contribution < -0.4 is 0 Å². The van der Waals surface area contributed by atoms with Crippen LogP contribution in [0.3, 0.4) is 0 Å². The Labute approximate surface area is 139 Å². The molecule has 0 aliphatic rings. The van der Waals surface area contributed by atoms with Crippen molar-refractivity contribution in [1.29, 1.82) is 0 Å². The summed E-state index contributed by atoms with van der Waals surface area (Å²) >= 11 is 6.05. The van der Waals surface area contributed by atoms with Crippen LogP contribution in [0.15, 0.2) is 47.5 Å². The number of pyridine rings is 1. The second-order valence-corrected chi connectivity index (χ2v) is 7.84. The predicted octanol–water partition coefficient (Wildman–Crippen LogP) is 3.78. The first-order chi connectivity index (χ1) is 10.8. The second kappa shape index (κ2) is 5.51. The number of aldehydes is 1. The Kier molecular flexibility index (Phi) is 3.78. The second-order valence-electron chi connectivity index (χ2n) is 5.42. The number of aromatic nitrogens is 1. The Morgan fingerprint density at radius 2 is 1.87 bits per heavy atom. The minimum atomic E-state index is -3.45. The summed E-state index contributed by atoms with van der Waals surface area (Å²) < 4.78 is 25.9. The SMILES string of the molecule is Cc1cccn2c(C=O)c(-c3cc(Cl)ccc3S(C)(=O)=O)cc12. The van der Waals surface area contributed by atoms with Gasteiger partial charge in [0.1, 0.15) is 0 Å². The molecule has 3 aromatic rings. The van der Waals surface area contributed by atoms with Gasteiger partial charge in [-0.05, 0) is 42.8 Å². The molecule has 1 aromatic carbocycles. The van der Waals surface area contributed by atoms with E-state index < -0.39 is 9.84 Å². The van der Waals surface area contributed by atoms with E-state index in [1.807, 2.05) is 25.1 Å². The van der Waals surface area contributed by atoms with Crippen LogP contribution in [0.5, 0.6) is 0 Å². The molecule has 2 aromatic heterocycles. The van der Waals surface area contributed by atoms with Crippen LogP contribution in [-0.4, -0.2) is 25.4 Å². The molecule has 0 spiro atoms. The topological polar surface area (TPSA) is 55.6 Å². The van der Waals surface area contributed by atoms with Gasteiger partial charge in [0, 0.05) is 34.1 Å². The Bertz CT molecular complexity index is 1040. The number of carbonyl (C=O) groups excluding carboxylic acids is 1. The first-order valence-corrected chi connectivity index (χ1v) is 9.15. The molecule has 0 fully saturated rings. The molecule has 0 bridgehead atoms. The van der Waals surface area contributed by atoms with Gasteiger partial charge in [-0.15, -0.1) is 0 Å². The molecule has 0 atom stereocenters. The lowest BCUT2D eigenvalue weighted by molar-refractivity contribution is 0.111. The van der Waals surface area contributed by atoms with E-state index >= 15 is 0 Å². The van der Waals surface area contributed by atoms with Crippen LogP contribution in [0.1, 0.15) is 16.1 Å². The van der Waals surface area contributed by atoms with E-state index in [1.165, 1.54) is 12.1 Å². The Morgan fingerprint density at radius 1 is 1.13 bits per heavy atom. The number of sulfone groups is 1. The standard InChI is InChI=1S/C17H14ClNO3S/c1-11-4-3-7-19-15(11)9-13(16(19)10-20)14-8-12(18)5-6-17(14)23(2,21)22/h3-10H,1-2H3. The number of aryl methyl sites for hydroxylation is 1. The van der Waals surface area contributed by atoms with Crippen molar-refractivity contribution in [3.8, 4) is 11.1 Å². The van der Waals surface area contributed by atoms with Gasteiger partial charge < -0.3 is 4.40 Å². The van der Waals surface area contributed by atoms with Crippen LogP contribution in [0.4, 0.5) is 0 Å². The minimum Gasteiger partial charge on any atom is -0.313 e. The van der Waals surface area contributed by atoms with E-state index in [1.54, 1.807) is 16.7 Å². The van der Waals surface area contributed by atoms with E-state index in [0.717, 1.165) is 23.6 Å². The van der Waals surface area contributed by atoms with Crippen LogP contribution >= 0.6 is 11.6 Å². The highest BCUT2D eigenvalue weighted by Gasteiger charge is 2.20. The van der Waals surface area contributed by atoms with E-state index in [0.29, 0.717) is 21.8 Å². The molecule has 23 heavy (non-hydrogen) atoms. The fraction of sp³-hybridized carbons (Fsp3) is 0.118. The predicted molar refractivity (Wildman–Crippen MR) is 91.1 cm³/mol. The maximum atomic E-state index is 12.1. The molecule has 4 nitrogen and oxygen atoms in total. The third-order valence-electron chi connectivity index (χ3n) is 3.80. The first kappa shape index (κ1) is 15.8. The number of hydrogen-bond acceptors (Lipinski definition) is 3. The van der Waals surface area contributed by atoms with Crippen molar-refractivity contribution in [3.63, 3.8) is 0 Å². The van der Waals surface area contributed by atoms with E-state index in [2.05, 4.69) is 0 Å². The highest BCUT2D eigenvalue weighted by atomic mass is 35.5. The minimum absolute atomic E-state index is 0.151. The molecule has 0 aliphatic heterocycles. The number of hydrogen-bond donors (Lipinski definition) is 0. The van der Waals surface area contributed by atoms with Gasteiger partial charge in [0.05, 0.1) is 10.6 Å². The average Bonchev–Trinajstić information content (AvgIpc) is 2.85. The quantitative estimate of drug-likeness (QED) is 0.677. The number of benzene rings is 1. The molecule has 2 heterocycles. The van der Waals surface area contributed by atoms with Crippen molar-refractivity contribution < 1.29 is 13.2 Å². The monoisotopic (exact) mass is 347 g/mol. The summed E-state index contributed by atoms with van der Waals surface area (Å²) in [6.07, 6.45) is 3.65. The molecule has 0 amide bonds. The van der Waals surface area contributed by atoms with Gasteiger partial charge in [0.2, 0.25) is 0 Å². The molecule has 0 aliphatic carbocycles. The average molecular weight is 348 g/mol. The summed E-state index contributed by atoms with van der Waals surface area (Å²) in [7, 11) is -3.45. The van der Waals surface area contributed by atoms with Gasteiger partial charge in [-0.1, -0.05) is 17.7 Å². The first-order valence-electron chi connectivity index (χ1n) is 6.89. The number of fused-ring (bicyclic) bond motifs is 1. The highest BCUT2D eigenvalue weighted by Crippen LogP contribution is 2.34. The Hall–Kier alpha value is -2.11. The van der Waals surface area contributed by atoms with Gasteiger partial charge >= 0.3 is 0 Å². The number of carbonyl (C=O) groups is 1. The molecule has 0 unspecified atom stereocenters. The summed E-state index contributed by atoms with van der Waals surface area (Å²) in [5.74, 6) is 0. The normalized spacial score (nSPS) is 11.8. The number of halogens is 1. The van der Waals surface area contributed by atoms with Crippen LogP contribution in [0.2, 0.25) is 5.02 Å². The maximum Gasteiger partial charge on any atom is 0.176 e. The van der Waals surface area contributed by atoms with E-state index in [-0.39, 0.29) is 4.90 Å². The van der Waals surface area contributed by atoms with Crippen molar-refractivity contribution in [2.24, 2.45) is 0 Å².